The van der Waals surface area contributed by atoms with E-state index in [2.05, 4.69) is 97.9 Å². The SMILES string of the molecule is CC[P+](c1ccccc1)(c1ccccc1)c1ccccc1.[Ni]. The van der Waals surface area contributed by atoms with Crippen molar-refractivity contribution in [1.82, 2.24) is 0 Å². The van der Waals surface area contributed by atoms with Gasteiger partial charge in [-0.2, -0.15) is 0 Å². The van der Waals surface area contributed by atoms with Crippen LogP contribution < -0.4 is 15.9 Å². The van der Waals surface area contributed by atoms with Crippen molar-refractivity contribution in [2.45, 2.75) is 6.92 Å². The van der Waals surface area contributed by atoms with Crippen molar-refractivity contribution < 1.29 is 16.5 Å². The molecule has 0 aliphatic carbocycles. The average Bonchev–Trinajstić information content (AvgIpc) is 2.59. The standard InChI is InChI=1S/C20H20P.Ni/c1-2-21(18-12-6-3-7-13-18,19-14-8-4-9-15-19)20-16-10-5-11-17-20;/h3-17H,2H2,1H3;/q+1;. The average molecular weight is 350 g/mol. The number of hydrogen-bond donors (Lipinski definition) is 0. The Bertz CT molecular complexity index is 584. The van der Waals surface area contributed by atoms with Crippen LogP contribution in [0.2, 0.25) is 0 Å². The van der Waals surface area contributed by atoms with Crippen LogP contribution >= 0.6 is 7.26 Å². The number of benzene rings is 3. The molecule has 0 fully saturated rings. The molecule has 3 rings (SSSR count). The van der Waals surface area contributed by atoms with E-state index in [1.807, 2.05) is 0 Å². The van der Waals surface area contributed by atoms with Gasteiger partial charge in [-0.25, -0.2) is 0 Å². The molecule has 3 aromatic carbocycles. The third-order valence-corrected chi connectivity index (χ3v) is 8.55. The summed E-state index contributed by atoms with van der Waals surface area (Å²) in [6.45, 7) is 2.32. The Balaban J connectivity index is 0.00000176. The van der Waals surface area contributed by atoms with Gasteiger partial charge in [0, 0.05) is 16.5 Å². The molecule has 22 heavy (non-hydrogen) atoms. The van der Waals surface area contributed by atoms with E-state index in [4.69, 9.17) is 0 Å². The van der Waals surface area contributed by atoms with Crippen molar-refractivity contribution >= 4 is 23.2 Å². The van der Waals surface area contributed by atoms with Crippen molar-refractivity contribution in [2.75, 3.05) is 6.16 Å². The summed E-state index contributed by atoms with van der Waals surface area (Å²) in [5, 5.41) is 4.39. The molecule has 0 spiro atoms. The third-order valence-electron chi connectivity index (χ3n) is 4.07. The minimum Gasteiger partial charge on any atom is -0.0620 e. The first-order valence-electron chi connectivity index (χ1n) is 7.43. The zero-order chi connectivity index (χ0) is 14.5. The summed E-state index contributed by atoms with van der Waals surface area (Å²) >= 11 is 0. The number of hydrogen-bond acceptors (Lipinski definition) is 0. The third kappa shape index (κ3) is 3.02. The molecule has 0 aromatic heterocycles. The molecule has 0 nitrogen and oxygen atoms in total. The van der Waals surface area contributed by atoms with E-state index >= 15 is 0 Å². The Morgan fingerprint density at radius 1 is 0.545 bits per heavy atom. The number of rotatable bonds is 4. The van der Waals surface area contributed by atoms with Crippen LogP contribution in [0.5, 0.6) is 0 Å². The van der Waals surface area contributed by atoms with Gasteiger partial charge in [-0.1, -0.05) is 54.6 Å². The van der Waals surface area contributed by atoms with E-state index < -0.39 is 7.26 Å². The molecule has 0 radical (unpaired) electrons. The van der Waals surface area contributed by atoms with E-state index in [0.717, 1.165) is 6.16 Å². The molecule has 0 amide bonds. The van der Waals surface area contributed by atoms with Crippen LogP contribution in [0.4, 0.5) is 0 Å². The van der Waals surface area contributed by atoms with Crippen molar-refractivity contribution in [3.8, 4) is 0 Å². The van der Waals surface area contributed by atoms with E-state index in [-0.39, 0.29) is 16.5 Å². The molecule has 2 heteroatoms. The van der Waals surface area contributed by atoms with Crippen LogP contribution in [-0.4, -0.2) is 6.16 Å². The fourth-order valence-electron chi connectivity index (χ4n) is 3.04. The van der Waals surface area contributed by atoms with Gasteiger partial charge in [0.15, 0.2) is 0 Å². The summed E-state index contributed by atoms with van der Waals surface area (Å²) in [6, 6.07) is 33.0. The van der Waals surface area contributed by atoms with Gasteiger partial charge in [0.1, 0.15) is 23.2 Å². The zero-order valence-corrected chi connectivity index (χ0v) is 14.5. The topological polar surface area (TPSA) is 0 Å². The van der Waals surface area contributed by atoms with Crippen molar-refractivity contribution in [2.24, 2.45) is 0 Å². The van der Waals surface area contributed by atoms with Crippen molar-refractivity contribution in [3.63, 3.8) is 0 Å². The van der Waals surface area contributed by atoms with E-state index in [1.165, 1.54) is 15.9 Å². The zero-order valence-electron chi connectivity index (χ0n) is 12.6. The molecule has 0 aliphatic heterocycles. The fraction of sp³-hybridized carbons (Fsp3) is 0.100. The smallest absolute Gasteiger partial charge is 0.0620 e. The minimum absolute atomic E-state index is 0. The Hall–Kier alpha value is -1.42. The summed E-state index contributed by atoms with van der Waals surface area (Å²) in [4.78, 5) is 0. The van der Waals surface area contributed by atoms with E-state index in [1.54, 1.807) is 0 Å². The van der Waals surface area contributed by atoms with Crippen molar-refractivity contribution in [1.29, 1.82) is 0 Å². The van der Waals surface area contributed by atoms with Crippen LogP contribution in [0, 0.1) is 0 Å². The predicted molar refractivity (Wildman–Crippen MR) is 95.7 cm³/mol. The first kappa shape index (κ1) is 16.9. The van der Waals surface area contributed by atoms with Gasteiger partial charge >= 0.3 is 0 Å². The molecular formula is C20H20NiP+. The second-order valence-electron chi connectivity index (χ2n) is 5.13. The first-order chi connectivity index (χ1) is 10.4. The van der Waals surface area contributed by atoms with Gasteiger partial charge in [-0.05, 0) is 43.3 Å². The Morgan fingerprint density at radius 2 is 0.818 bits per heavy atom. The van der Waals surface area contributed by atoms with E-state index in [9.17, 15) is 0 Å². The maximum absolute atomic E-state index is 2.32. The second-order valence-corrected chi connectivity index (χ2v) is 8.93. The molecule has 0 heterocycles. The molecule has 0 saturated heterocycles. The van der Waals surface area contributed by atoms with Crippen molar-refractivity contribution in [3.05, 3.63) is 91.0 Å². The minimum atomic E-state index is -1.53. The molecular weight excluding hydrogens is 330 g/mol. The van der Waals surface area contributed by atoms with Gasteiger partial charge in [0.05, 0.1) is 6.16 Å². The molecule has 0 saturated carbocycles. The van der Waals surface area contributed by atoms with Crippen LogP contribution in [0.15, 0.2) is 91.0 Å². The van der Waals surface area contributed by atoms with E-state index in [0.29, 0.717) is 0 Å². The fourth-order valence-corrected chi connectivity index (χ4v) is 7.08. The first-order valence-corrected chi connectivity index (χ1v) is 9.40. The Kier molecular flexibility index (Phi) is 5.95. The van der Waals surface area contributed by atoms with Crippen LogP contribution in [-0.2, 0) is 16.5 Å². The molecule has 0 atom stereocenters. The molecule has 0 aliphatic rings. The summed E-state index contributed by atoms with van der Waals surface area (Å²) in [5.41, 5.74) is 0. The van der Waals surface area contributed by atoms with Gasteiger partial charge in [0.2, 0.25) is 0 Å². The summed E-state index contributed by atoms with van der Waals surface area (Å²) < 4.78 is 0. The molecule has 0 unspecified atom stereocenters. The monoisotopic (exact) mass is 349 g/mol. The molecule has 114 valence electrons. The van der Waals surface area contributed by atoms with Gasteiger partial charge in [-0.3, -0.25) is 0 Å². The van der Waals surface area contributed by atoms with Crippen LogP contribution in [0.1, 0.15) is 6.92 Å². The second kappa shape index (κ2) is 7.73. The molecule has 0 bridgehead atoms. The van der Waals surface area contributed by atoms with Gasteiger partial charge in [0.25, 0.3) is 0 Å². The Morgan fingerprint density at radius 3 is 1.05 bits per heavy atom. The molecule has 3 aromatic rings. The van der Waals surface area contributed by atoms with Gasteiger partial charge in [-0.15, -0.1) is 0 Å². The Labute approximate surface area is 143 Å². The van der Waals surface area contributed by atoms with Gasteiger partial charge < -0.3 is 0 Å². The summed E-state index contributed by atoms with van der Waals surface area (Å²) in [7, 11) is -1.53. The maximum atomic E-state index is 2.32. The largest absolute Gasteiger partial charge is 0.111 e. The van der Waals surface area contributed by atoms with Crippen LogP contribution in [0.25, 0.3) is 0 Å². The summed E-state index contributed by atoms with van der Waals surface area (Å²) in [6.07, 6.45) is 1.14. The predicted octanol–water partition coefficient (Wildman–Crippen LogP) is 4.00. The maximum Gasteiger partial charge on any atom is 0.111 e. The molecule has 0 N–H and O–H groups in total. The quantitative estimate of drug-likeness (QED) is 0.493. The normalized spacial score (nSPS) is 10.8. The van der Waals surface area contributed by atoms with Crippen LogP contribution in [0.3, 0.4) is 0 Å². The summed E-state index contributed by atoms with van der Waals surface area (Å²) in [5.74, 6) is 0.